The smallest absolute Gasteiger partial charge is 0.224 e. The summed E-state index contributed by atoms with van der Waals surface area (Å²) in [6, 6.07) is 5.08. The summed E-state index contributed by atoms with van der Waals surface area (Å²) in [6.07, 6.45) is 2.02. The monoisotopic (exact) mass is 282 g/mol. The van der Waals surface area contributed by atoms with Crippen molar-refractivity contribution in [3.63, 3.8) is 0 Å². The van der Waals surface area contributed by atoms with Crippen LogP contribution in [0.15, 0.2) is 24.3 Å². The van der Waals surface area contributed by atoms with Crippen LogP contribution in [0.1, 0.15) is 24.6 Å². The minimum Gasteiger partial charge on any atom is -0.436 e. The van der Waals surface area contributed by atoms with Crippen LogP contribution in [0.3, 0.4) is 0 Å². The summed E-state index contributed by atoms with van der Waals surface area (Å²) in [5, 5.41) is 0.226. The number of hydrogen-bond acceptors (Lipinski definition) is 3. The van der Waals surface area contributed by atoms with Gasteiger partial charge in [-0.15, -0.1) is 0 Å². The van der Waals surface area contributed by atoms with E-state index >= 15 is 0 Å². The van der Waals surface area contributed by atoms with Crippen molar-refractivity contribution < 1.29 is 13.5 Å². The first-order valence-electron chi connectivity index (χ1n) is 5.80. The molecule has 1 aromatic carbocycles. The van der Waals surface area contributed by atoms with Crippen molar-refractivity contribution in [3.8, 4) is 11.6 Å². The average Bonchev–Trinajstić information content (AvgIpc) is 3.18. The van der Waals surface area contributed by atoms with Gasteiger partial charge in [0.2, 0.25) is 11.7 Å². The second-order valence-corrected chi connectivity index (χ2v) is 4.70. The molecule has 98 valence electrons. The van der Waals surface area contributed by atoms with Crippen LogP contribution in [0.2, 0.25) is 5.15 Å². The molecule has 1 heterocycles. The molecule has 0 N–H and O–H groups in total. The van der Waals surface area contributed by atoms with Gasteiger partial charge < -0.3 is 4.74 Å². The summed E-state index contributed by atoms with van der Waals surface area (Å²) >= 11 is 5.86. The maximum Gasteiger partial charge on any atom is 0.224 e. The number of benzene rings is 1. The largest absolute Gasteiger partial charge is 0.436 e. The van der Waals surface area contributed by atoms with E-state index in [0.717, 1.165) is 18.9 Å². The third kappa shape index (κ3) is 2.66. The summed E-state index contributed by atoms with van der Waals surface area (Å²) in [6.45, 7) is 0. The van der Waals surface area contributed by atoms with Crippen molar-refractivity contribution in [1.82, 2.24) is 9.97 Å². The van der Waals surface area contributed by atoms with Crippen molar-refractivity contribution in [3.05, 3.63) is 46.9 Å². The molecule has 0 amide bonds. The van der Waals surface area contributed by atoms with Gasteiger partial charge >= 0.3 is 0 Å². The molecule has 3 nitrogen and oxygen atoms in total. The van der Waals surface area contributed by atoms with Crippen molar-refractivity contribution in [2.24, 2.45) is 0 Å². The highest BCUT2D eigenvalue weighted by molar-refractivity contribution is 6.29. The van der Waals surface area contributed by atoms with Gasteiger partial charge in [-0.2, -0.15) is 9.37 Å². The Labute approximate surface area is 113 Å². The van der Waals surface area contributed by atoms with Crippen LogP contribution >= 0.6 is 11.6 Å². The molecule has 6 heteroatoms. The molecule has 1 fully saturated rings. The first kappa shape index (κ1) is 12.3. The summed E-state index contributed by atoms with van der Waals surface area (Å²) < 4.78 is 31.8. The van der Waals surface area contributed by atoms with Crippen LogP contribution in [0.5, 0.6) is 11.6 Å². The minimum atomic E-state index is -1.05. The summed E-state index contributed by atoms with van der Waals surface area (Å²) in [5.41, 5.74) is 0. The van der Waals surface area contributed by atoms with Crippen LogP contribution in [0.25, 0.3) is 0 Å². The number of hydrogen-bond donors (Lipinski definition) is 0. The number of rotatable bonds is 3. The standard InChI is InChI=1S/C13H9ClF2N2O/c14-10-6-11(18-13(17-10)7-4-5-7)19-9-3-1-2-8(15)12(9)16/h1-3,6-7H,4-5H2. The third-order valence-electron chi connectivity index (χ3n) is 2.76. The third-order valence-corrected chi connectivity index (χ3v) is 2.96. The Morgan fingerprint density at radius 3 is 2.74 bits per heavy atom. The van der Waals surface area contributed by atoms with Crippen LogP contribution < -0.4 is 4.74 Å². The molecule has 0 atom stereocenters. The Hall–Kier alpha value is -1.75. The highest BCUT2D eigenvalue weighted by Gasteiger charge is 2.27. The molecule has 0 spiro atoms. The first-order valence-corrected chi connectivity index (χ1v) is 6.17. The lowest BCUT2D eigenvalue weighted by atomic mass is 10.3. The van der Waals surface area contributed by atoms with E-state index in [1.165, 1.54) is 18.2 Å². The van der Waals surface area contributed by atoms with Crippen LogP contribution in [-0.2, 0) is 0 Å². The average molecular weight is 283 g/mol. The molecule has 1 saturated carbocycles. The lowest BCUT2D eigenvalue weighted by Gasteiger charge is -2.07. The normalized spacial score (nSPS) is 14.5. The van der Waals surface area contributed by atoms with E-state index in [0.29, 0.717) is 11.7 Å². The fourth-order valence-electron chi connectivity index (χ4n) is 1.67. The molecule has 1 aromatic heterocycles. The van der Waals surface area contributed by atoms with Crippen LogP contribution in [0.4, 0.5) is 8.78 Å². The SMILES string of the molecule is Fc1cccc(Oc2cc(Cl)nc(C3CC3)n2)c1F. The minimum absolute atomic E-state index is 0.117. The zero-order valence-electron chi connectivity index (χ0n) is 9.74. The molecule has 19 heavy (non-hydrogen) atoms. The van der Waals surface area contributed by atoms with Crippen molar-refractivity contribution in [2.45, 2.75) is 18.8 Å². The molecule has 0 radical (unpaired) electrons. The predicted octanol–water partition coefficient (Wildman–Crippen LogP) is 4.08. The van der Waals surface area contributed by atoms with Crippen molar-refractivity contribution >= 4 is 11.6 Å². The van der Waals surface area contributed by atoms with E-state index in [-0.39, 0.29) is 16.8 Å². The quantitative estimate of drug-likeness (QED) is 0.796. The highest BCUT2D eigenvalue weighted by atomic mass is 35.5. The Balaban J connectivity index is 1.92. The van der Waals surface area contributed by atoms with Gasteiger partial charge in [0.1, 0.15) is 11.0 Å². The molecule has 0 saturated heterocycles. The van der Waals surface area contributed by atoms with Gasteiger partial charge in [-0.1, -0.05) is 17.7 Å². The zero-order valence-corrected chi connectivity index (χ0v) is 10.5. The highest BCUT2D eigenvalue weighted by Crippen LogP contribution is 2.39. The topological polar surface area (TPSA) is 35.0 Å². The fraction of sp³-hybridized carbons (Fsp3) is 0.231. The molecular formula is C13H9ClF2N2O. The molecule has 3 rings (SSSR count). The van der Waals surface area contributed by atoms with Gasteiger partial charge in [0, 0.05) is 12.0 Å². The Morgan fingerprint density at radius 2 is 2.00 bits per heavy atom. The lowest BCUT2D eigenvalue weighted by molar-refractivity contribution is 0.403. The fourth-order valence-corrected chi connectivity index (χ4v) is 1.85. The van der Waals surface area contributed by atoms with E-state index in [9.17, 15) is 8.78 Å². The molecule has 2 aromatic rings. The second-order valence-electron chi connectivity index (χ2n) is 4.32. The van der Waals surface area contributed by atoms with Crippen LogP contribution in [0, 0.1) is 11.6 Å². The molecule has 1 aliphatic rings. The van der Waals surface area contributed by atoms with E-state index < -0.39 is 11.6 Å². The van der Waals surface area contributed by atoms with Gasteiger partial charge in [-0.05, 0) is 25.0 Å². The van der Waals surface area contributed by atoms with Gasteiger partial charge in [0.15, 0.2) is 11.6 Å². The maximum absolute atomic E-state index is 13.5. The van der Waals surface area contributed by atoms with Crippen molar-refractivity contribution in [1.29, 1.82) is 0 Å². The van der Waals surface area contributed by atoms with Crippen molar-refractivity contribution in [2.75, 3.05) is 0 Å². The van der Waals surface area contributed by atoms with Gasteiger partial charge in [0.05, 0.1) is 0 Å². The van der Waals surface area contributed by atoms with E-state index in [1.807, 2.05) is 0 Å². The molecule has 0 unspecified atom stereocenters. The molecule has 0 aliphatic heterocycles. The zero-order chi connectivity index (χ0) is 13.4. The van der Waals surface area contributed by atoms with E-state index in [2.05, 4.69) is 9.97 Å². The Morgan fingerprint density at radius 1 is 1.21 bits per heavy atom. The summed E-state index contributed by atoms with van der Waals surface area (Å²) in [5.74, 6) is -1.26. The maximum atomic E-state index is 13.5. The Kier molecular flexibility index (Phi) is 3.06. The summed E-state index contributed by atoms with van der Waals surface area (Å²) in [7, 11) is 0. The molecule has 1 aliphatic carbocycles. The predicted molar refractivity (Wildman–Crippen MR) is 65.4 cm³/mol. The molecular weight excluding hydrogens is 274 g/mol. The van der Waals surface area contributed by atoms with E-state index in [4.69, 9.17) is 16.3 Å². The van der Waals surface area contributed by atoms with Gasteiger partial charge in [-0.3, -0.25) is 0 Å². The van der Waals surface area contributed by atoms with Crippen LogP contribution in [-0.4, -0.2) is 9.97 Å². The number of ether oxygens (including phenoxy) is 1. The lowest BCUT2D eigenvalue weighted by Crippen LogP contribution is -1.98. The number of halogens is 3. The summed E-state index contributed by atoms with van der Waals surface area (Å²) in [4.78, 5) is 8.24. The molecule has 0 bridgehead atoms. The van der Waals surface area contributed by atoms with Gasteiger partial charge in [-0.25, -0.2) is 9.37 Å². The van der Waals surface area contributed by atoms with E-state index in [1.54, 1.807) is 0 Å². The number of aromatic nitrogens is 2. The van der Waals surface area contributed by atoms with Gasteiger partial charge in [0.25, 0.3) is 0 Å². The Bertz CT molecular complexity index is 632. The number of nitrogens with zero attached hydrogens (tertiary/aromatic N) is 2. The second kappa shape index (κ2) is 4.74. The first-order chi connectivity index (χ1) is 9.13.